The average Bonchev–Trinajstić information content (AvgIpc) is 3.33. The lowest BCUT2D eigenvalue weighted by atomic mass is 10.1. The van der Waals surface area contributed by atoms with Gasteiger partial charge in [-0.2, -0.15) is 9.78 Å². The van der Waals surface area contributed by atoms with Crippen molar-refractivity contribution in [3.63, 3.8) is 0 Å². The number of hydrogen-bond acceptors (Lipinski definition) is 4. The smallest absolute Gasteiger partial charge is 0.247 e. The molecule has 0 bridgehead atoms. The first-order valence-corrected chi connectivity index (χ1v) is 9.44. The molecule has 3 aromatic rings. The molecule has 0 atom stereocenters. The Hall–Kier alpha value is -2.53. The van der Waals surface area contributed by atoms with Crippen molar-refractivity contribution in [3.8, 4) is 21.8 Å². The molecule has 0 radical (unpaired) electrons. The molecular weight excluding hydrogens is 332 g/mol. The number of ketones is 1. The van der Waals surface area contributed by atoms with E-state index in [-0.39, 0.29) is 11.7 Å². The van der Waals surface area contributed by atoms with Crippen molar-refractivity contribution in [2.45, 2.75) is 32.6 Å². The van der Waals surface area contributed by atoms with E-state index < -0.39 is 0 Å². The van der Waals surface area contributed by atoms with E-state index >= 15 is 0 Å². The number of unbranched alkanes of at least 4 members (excludes halogenated alkanes) is 2. The summed E-state index contributed by atoms with van der Waals surface area (Å²) in [5, 5.41) is 6.51. The molecule has 0 amide bonds. The molecule has 2 aromatic heterocycles. The van der Waals surface area contributed by atoms with Gasteiger partial charge in [-0.3, -0.25) is 9.59 Å². The second kappa shape index (κ2) is 6.41. The van der Waals surface area contributed by atoms with Gasteiger partial charge in [0.2, 0.25) is 5.91 Å². The van der Waals surface area contributed by atoms with Crippen molar-refractivity contribution in [3.05, 3.63) is 52.9 Å². The molecule has 0 saturated carbocycles. The van der Waals surface area contributed by atoms with E-state index in [0.29, 0.717) is 28.9 Å². The number of aromatic nitrogens is 2. The highest BCUT2D eigenvalue weighted by atomic mass is 32.1. The minimum absolute atomic E-state index is 0.0402. The Morgan fingerprint density at radius 3 is 2.64 bits per heavy atom. The summed E-state index contributed by atoms with van der Waals surface area (Å²) < 4.78 is 1.46. The largest absolute Gasteiger partial charge is 0.288 e. The molecule has 0 unspecified atom stereocenters. The quantitative estimate of drug-likeness (QED) is 0.474. The lowest BCUT2D eigenvalue weighted by molar-refractivity contribution is 0.0885. The first kappa shape index (κ1) is 16.0. The van der Waals surface area contributed by atoms with Gasteiger partial charge in [-0.1, -0.05) is 50.1 Å². The van der Waals surface area contributed by atoms with Crippen LogP contribution in [0.5, 0.6) is 0 Å². The van der Waals surface area contributed by atoms with Gasteiger partial charge in [0.05, 0.1) is 16.1 Å². The van der Waals surface area contributed by atoms with Gasteiger partial charge in [-0.15, -0.1) is 11.3 Å². The van der Waals surface area contributed by atoms with Crippen LogP contribution in [0.15, 0.2) is 41.8 Å². The normalized spacial score (nSPS) is 12.3. The summed E-state index contributed by atoms with van der Waals surface area (Å²) in [6, 6.07) is 11.3. The fraction of sp³-hybridized carbons (Fsp3) is 0.250. The molecule has 4 nitrogen and oxygen atoms in total. The summed E-state index contributed by atoms with van der Waals surface area (Å²) in [7, 11) is 0. The van der Waals surface area contributed by atoms with E-state index in [2.05, 4.69) is 12.0 Å². The first-order valence-electron chi connectivity index (χ1n) is 8.56. The Balaban J connectivity index is 1.87. The third kappa shape index (κ3) is 2.55. The monoisotopic (exact) mass is 350 g/mol. The molecule has 2 heterocycles. The molecule has 25 heavy (non-hydrogen) atoms. The van der Waals surface area contributed by atoms with Gasteiger partial charge < -0.3 is 0 Å². The molecule has 4 rings (SSSR count). The van der Waals surface area contributed by atoms with Crippen LogP contribution in [0.2, 0.25) is 0 Å². The Morgan fingerprint density at radius 1 is 1.12 bits per heavy atom. The van der Waals surface area contributed by atoms with Crippen LogP contribution in [-0.4, -0.2) is 21.5 Å². The van der Waals surface area contributed by atoms with Gasteiger partial charge >= 0.3 is 0 Å². The number of nitrogens with zero attached hydrogens (tertiary/aromatic N) is 2. The zero-order chi connectivity index (χ0) is 17.4. The summed E-state index contributed by atoms with van der Waals surface area (Å²) in [6.07, 6.45) is 3.37. The van der Waals surface area contributed by atoms with Gasteiger partial charge in [0, 0.05) is 17.5 Å². The van der Waals surface area contributed by atoms with Crippen LogP contribution < -0.4 is 0 Å². The molecule has 0 fully saturated rings. The Kier molecular flexibility index (Phi) is 4.09. The number of rotatable bonds is 5. The summed E-state index contributed by atoms with van der Waals surface area (Å²) in [5.41, 5.74) is 3.30. The number of fused-ring (bicyclic) bond motifs is 3. The van der Waals surface area contributed by atoms with Gasteiger partial charge in [-0.05, 0) is 17.9 Å². The summed E-state index contributed by atoms with van der Waals surface area (Å²) >= 11 is 1.53. The molecule has 1 aromatic carbocycles. The van der Waals surface area contributed by atoms with Crippen molar-refractivity contribution < 1.29 is 9.59 Å². The van der Waals surface area contributed by atoms with Crippen LogP contribution >= 0.6 is 11.3 Å². The average molecular weight is 350 g/mol. The second-order valence-electron chi connectivity index (χ2n) is 6.19. The zero-order valence-electron chi connectivity index (χ0n) is 14.0. The maximum absolute atomic E-state index is 12.9. The maximum atomic E-state index is 12.9. The highest BCUT2D eigenvalue weighted by Crippen LogP contribution is 2.42. The predicted molar refractivity (Wildman–Crippen MR) is 99.2 cm³/mol. The number of hydrogen-bond donors (Lipinski definition) is 0. The summed E-state index contributed by atoms with van der Waals surface area (Å²) in [5.74, 6) is -0.0846. The number of thiophene rings is 1. The summed E-state index contributed by atoms with van der Waals surface area (Å²) in [4.78, 5) is 26.6. The Bertz CT molecular complexity index is 954. The third-order valence-electron chi connectivity index (χ3n) is 4.52. The van der Waals surface area contributed by atoms with Gasteiger partial charge in [0.25, 0.3) is 0 Å². The Labute approximate surface area is 150 Å². The van der Waals surface area contributed by atoms with E-state index in [1.165, 1.54) is 16.0 Å². The predicted octanol–water partition coefficient (Wildman–Crippen LogP) is 5.04. The van der Waals surface area contributed by atoms with Crippen LogP contribution in [0.4, 0.5) is 0 Å². The van der Waals surface area contributed by atoms with Crippen LogP contribution in [0.25, 0.3) is 21.8 Å². The molecule has 0 aliphatic heterocycles. The molecule has 1 aliphatic carbocycles. The summed E-state index contributed by atoms with van der Waals surface area (Å²) in [6.45, 7) is 2.11. The minimum atomic E-state index is -0.0444. The Morgan fingerprint density at radius 2 is 1.92 bits per heavy atom. The lowest BCUT2D eigenvalue weighted by Gasteiger charge is -2.05. The number of carbonyl (C=O) groups is 2. The molecule has 0 saturated heterocycles. The van der Waals surface area contributed by atoms with Crippen LogP contribution in [0.3, 0.4) is 0 Å². The minimum Gasteiger partial charge on any atom is -0.288 e. The molecule has 0 spiro atoms. The molecule has 1 aliphatic rings. The standard InChI is InChI=1S/C20H18N2O2S/c1-2-3-4-11-16(23)22-19-13-8-5-6-9-14(13)20(24)17(19)18(21-22)15-10-7-12-25-15/h5-10,12H,2-4,11H2,1H3. The SMILES string of the molecule is CCCCCC(=O)n1nc(-c2cccs2)c2c1-c1ccccc1C2=O. The highest BCUT2D eigenvalue weighted by Gasteiger charge is 2.36. The number of benzene rings is 1. The van der Waals surface area contributed by atoms with Crippen molar-refractivity contribution in [1.82, 2.24) is 9.78 Å². The highest BCUT2D eigenvalue weighted by molar-refractivity contribution is 7.13. The van der Waals surface area contributed by atoms with Crippen LogP contribution in [0, 0.1) is 0 Å². The van der Waals surface area contributed by atoms with E-state index in [1.807, 2.05) is 41.8 Å². The molecular formula is C20H18N2O2S. The number of carbonyl (C=O) groups excluding carboxylic acids is 2. The zero-order valence-corrected chi connectivity index (χ0v) is 14.8. The lowest BCUT2D eigenvalue weighted by Crippen LogP contribution is -2.13. The van der Waals surface area contributed by atoms with Gasteiger partial charge in [0.15, 0.2) is 5.78 Å². The van der Waals surface area contributed by atoms with Crippen molar-refractivity contribution in [1.29, 1.82) is 0 Å². The van der Waals surface area contributed by atoms with Crippen LogP contribution in [-0.2, 0) is 0 Å². The molecule has 126 valence electrons. The van der Waals surface area contributed by atoms with Gasteiger partial charge in [-0.25, -0.2) is 0 Å². The fourth-order valence-electron chi connectivity index (χ4n) is 3.30. The van der Waals surface area contributed by atoms with E-state index in [4.69, 9.17) is 0 Å². The van der Waals surface area contributed by atoms with Crippen LogP contribution in [0.1, 0.15) is 53.3 Å². The third-order valence-corrected chi connectivity index (χ3v) is 5.40. The first-order chi connectivity index (χ1) is 12.2. The van der Waals surface area contributed by atoms with E-state index in [1.54, 1.807) is 0 Å². The molecule has 5 heteroatoms. The topological polar surface area (TPSA) is 52.0 Å². The van der Waals surface area contributed by atoms with Gasteiger partial charge in [0.1, 0.15) is 5.69 Å². The molecule has 0 N–H and O–H groups in total. The fourth-order valence-corrected chi connectivity index (χ4v) is 4.02. The maximum Gasteiger partial charge on any atom is 0.247 e. The van der Waals surface area contributed by atoms with Crippen molar-refractivity contribution in [2.24, 2.45) is 0 Å². The van der Waals surface area contributed by atoms with Crippen molar-refractivity contribution in [2.75, 3.05) is 0 Å². The second-order valence-corrected chi connectivity index (χ2v) is 7.13. The van der Waals surface area contributed by atoms with E-state index in [0.717, 1.165) is 29.7 Å². The van der Waals surface area contributed by atoms with E-state index in [9.17, 15) is 9.59 Å². The van der Waals surface area contributed by atoms with Crippen molar-refractivity contribution >= 4 is 23.0 Å².